The quantitative estimate of drug-likeness (QED) is 0.688. The normalized spacial score (nSPS) is 11.9. The van der Waals surface area contributed by atoms with E-state index < -0.39 is 4.92 Å². The third-order valence-electron chi connectivity index (χ3n) is 2.57. The fourth-order valence-corrected chi connectivity index (χ4v) is 1.73. The lowest BCUT2D eigenvalue weighted by atomic mass is 10.2. The summed E-state index contributed by atoms with van der Waals surface area (Å²) in [4.78, 5) is 14.5. The summed E-state index contributed by atoms with van der Waals surface area (Å²) < 4.78 is 5.46. The number of nitrogens with zero attached hydrogens (tertiary/aromatic N) is 2. The molecule has 0 radical (unpaired) electrons. The van der Waals surface area contributed by atoms with Crippen molar-refractivity contribution in [3.8, 4) is 11.5 Å². The van der Waals surface area contributed by atoms with Crippen molar-refractivity contribution in [2.75, 3.05) is 0 Å². The minimum Gasteiger partial charge on any atom is -0.449 e. The van der Waals surface area contributed by atoms with E-state index in [-0.39, 0.29) is 22.5 Å². The maximum Gasteiger partial charge on any atom is 0.313 e. The van der Waals surface area contributed by atoms with Crippen LogP contribution in [0.25, 0.3) is 0 Å². The summed E-state index contributed by atoms with van der Waals surface area (Å²) in [5.74, 6) is 0.495. The molecule has 1 atom stereocenters. The second kappa shape index (κ2) is 5.85. The number of nitro benzene ring substituents is 1. The van der Waals surface area contributed by atoms with Crippen molar-refractivity contribution < 1.29 is 9.66 Å². The molecule has 0 amide bonds. The van der Waals surface area contributed by atoms with Gasteiger partial charge in [-0.2, -0.15) is 0 Å². The van der Waals surface area contributed by atoms with Crippen molar-refractivity contribution in [1.82, 2.24) is 4.98 Å². The molecule has 20 heavy (non-hydrogen) atoms. The van der Waals surface area contributed by atoms with Crippen molar-refractivity contribution >= 4 is 17.3 Å². The van der Waals surface area contributed by atoms with E-state index in [1.165, 1.54) is 24.4 Å². The lowest BCUT2D eigenvalue weighted by Crippen LogP contribution is -2.06. The summed E-state index contributed by atoms with van der Waals surface area (Å²) in [6.07, 6.45) is 1.47. The topological polar surface area (TPSA) is 91.3 Å². The molecular weight excluding hydrogens is 282 g/mol. The highest BCUT2D eigenvalue weighted by Gasteiger charge is 2.16. The van der Waals surface area contributed by atoms with E-state index in [4.69, 9.17) is 22.1 Å². The van der Waals surface area contributed by atoms with Crippen LogP contribution in [0, 0.1) is 10.1 Å². The van der Waals surface area contributed by atoms with Gasteiger partial charge in [0.2, 0.25) is 5.75 Å². The Morgan fingerprint density at radius 2 is 2.15 bits per heavy atom. The summed E-state index contributed by atoms with van der Waals surface area (Å²) in [7, 11) is 0. The molecule has 1 aromatic carbocycles. The number of ether oxygens (including phenoxy) is 1. The molecule has 7 heteroatoms. The monoisotopic (exact) mass is 293 g/mol. The van der Waals surface area contributed by atoms with Crippen LogP contribution in [0.5, 0.6) is 11.5 Å². The van der Waals surface area contributed by atoms with Crippen molar-refractivity contribution in [3.05, 3.63) is 57.4 Å². The van der Waals surface area contributed by atoms with Gasteiger partial charge in [-0.1, -0.05) is 11.6 Å². The van der Waals surface area contributed by atoms with Gasteiger partial charge in [0, 0.05) is 17.1 Å². The minimum atomic E-state index is -0.551. The van der Waals surface area contributed by atoms with Crippen LogP contribution < -0.4 is 10.5 Å². The molecule has 2 N–H and O–H groups in total. The third-order valence-corrected chi connectivity index (χ3v) is 2.81. The van der Waals surface area contributed by atoms with E-state index in [2.05, 4.69) is 4.98 Å². The van der Waals surface area contributed by atoms with Gasteiger partial charge in [0.15, 0.2) is 0 Å². The van der Waals surface area contributed by atoms with Crippen molar-refractivity contribution in [3.63, 3.8) is 0 Å². The molecule has 6 nitrogen and oxygen atoms in total. The van der Waals surface area contributed by atoms with Gasteiger partial charge in [-0.15, -0.1) is 0 Å². The van der Waals surface area contributed by atoms with Crippen LogP contribution in [0.1, 0.15) is 18.7 Å². The number of halogens is 1. The molecule has 0 bridgehead atoms. The Kier molecular flexibility index (Phi) is 4.16. The average Bonchev–Trinajstić information content (AvgIpc) is 2.41. The molecule has 0 unspecified atom stereocenters. The van der Waals surface area contributed by atoms with Crippen LogP contribution in [-0.2, 0) is 0 Å². The van der Waals surface area contributed by atoms with Gasteiger partial charge in [0.25, 0.3) is 0 Å². The summed E-state index contributed by atoms with van der Waals surface area (Å²) in [6.45, 7) is 1.81. The summed E-state index contributed by atoms with van der Waals surface area (Å²) in [5, 5.41) is 11.2. The Bertz CT molecular complexity index is 629. The smallest absolute Gasteiger partial charge is 0.313 e. The van der Waals surface area contributed by atoms with Crippen molar-refractivity contribution in [1.29, 1.82) is 0 Å². The summed E-state index contributed by atoms with van der Waals surface area (Å²) in [6, 6.07) is 7.38. The van der Waals surface area contributed by atoms with Crippen LogP contribution in [0.3, 0.4) is 0 Å². The summed E-state index contributed by atoms with van der Waals surface area (Å²) >= 11 is 5.73. The zero-order valence-electron chi connectivity index (χ0n) is 10.6. The van der Waals surface area contributed by atoms with Gasteiger partial charge in [-0.25, -0.2) is 0 Å². The number of rotatable bonds is 4. The predicted molar refractivity (Wildman–Crippen MR) is 75.0 cm³/mol. The van der Waals surface area contributed by atoms with Crippen LogP contribution in [0.4, 0.5) is 5.69 Å². The number of aromatic nitrogens is 1. The minimum absolute atomic E-state index is 0.106. The average molecular weight is 294 g/mol. The Labute approximate surface area is 120 Å². The molecule has 0 fully saturated rings. The number of pyridine rings is 1. The molecule has 0 saturated carbocycles. The van der Waals surface area contributed by atoms with E-state index in [0.29, 0.717) is 11.4 Å². The van der Waals surface area contributed by atoms with Gasteiger partial charge >= 0.3 is 5.69 Å². The number of hydrogen-bond acceptors (Lipinski definition) is 5. The zero-order chi connectivity index (χ0) is 14.7. The fourth-order valence-electron chi connectivity index (χ4n) is 1.57. The highest BCUT2D eigenvalue weighted by Crippen LogP contribution is 2.33. The third kappa shape index (κ3) is 3.23. The van der Waals surface area contributed by atoms with Gasteiger partial charge in [0.05, 0.1) is 16.8 Å². The largest absolute Gasteiger partial charge is 0.449 e. The number of nitro groups is 1. The lowest BCUT2D eigenvalue weighted by molar-refractivity contribution is -0.385. The number of benzene rings is 1. The van der Waals surface area contributed by atoms with E-state index in [1.54, 1.807) is 12.1 Å². The first kappa shape index (κ1) is 14.2. The molecule has 2 rings (SSSR count). The second-order valence-corrected chi connectivity index (χ2v) is 4.62. The van der Waals surface area contributed by atoms with E-state index in [1.807, 2.05) is 6.92 Å². The first-order chi connectivity index (χ1) is 9.47. The van der Waals surface area contributed by atoms with Gasteiger partial charge in [-0.05, 0) is 31.2 Å². The first-order valence-corrected chi connectivity index (χ1v) is 6.18. The SMILES string of the molecule is C[C@@H](N)c1ccc(Oc2ccc(Cl)cc2[N+](=O)[O-])cn1. The number of nitrogens with two attached hydrogens (primary N) is 1. The van der Waals surface area contributed by atoms with E-state index in [0.717, 1.165) is 0 Å². The van der Waals surface area contributed by atoms with Gasteiger partial charge < -0.3 is 10.5 Å². The van der Waals surface area contributed by atoms with Gasteiger partial charge in [-0.3, -0.25) is 15.1 Å². The van der Waals surface area contributed by atoms with Crippen LogP contribution in [0.2, 0.25) is 5.02 Å². The highest BCUT2D eigenvalue weighted by atomic mass is 35.5. The molecule has 0 aliphatic rings. The summed E-state index contributed by atoms with van der Waals surface area (Å²) in [5.41, 5.74) is 6.20. The standard InChI is InChI=1S/C13H12ClN3O3/c1-8(15)11-4-3-10(7-16-11)20-13-5-2-9(14)6-12(13)17(18)19/h2-8H,15H2,1H3/t8-/m1/s1. The molecule has 1 heterocycles. The zero-order valence-corrected chi connectivity index (χ0v) is 11.4. The maximum absolute atomic E-state index is 10.9. The molecular formula is C13H12ClN3O3. The van der Waals surface area contributed by atoms with Crippen molar-refractivity contribution in [2.45, 2.75) is 13.0 Å². The van der Waals surface area contributed by atoms with Crippen LogP contribution in [0.15, 0.2) is 36.5 Å². The van der Waals surface area contributed by atoms with E-state index >= 15 is 0 Å². The van der Waals surface area contributed by atoms with Crippen molar-refractivity contribution in [2.24, 2.45) is 5.73 Å². The first-order valence-electron chi connectivity index (χ1n) is 5.80. The Morgan fingerprint density at radius 1 is 1.40 bits per heavy atom. The molecule has 0 aliphatic carbocycles. The molecule has 0 spiro atoms. The lowest BCUT2D eigenvalue weighted by Gasteiger charge is -2.08. The molecule has 0 saturated heterocycles. The number of hydrogen-bond donors (Lipinski definition) is 1. The fraction of sp³-hybridized carbons (Fsp3) is 0.154. The van der Waals surface area contributed by atoms with Crippen LogP contribution >= 0.6 is 11.6 Å². The Morgan fingerprint density at radius 3 is 2.70 bits per heavy atom. The maximum atomic E-state index is 10.9. The Balaban J connectivity index is 2.28. The predicted octanol–water partition coefficient (Wildman–Crippen LogP) is 3.46. The molecule has 104 valence electrons. The molecule has 0 aliphatic heterocycles. The molecule has 1 aromatic heterocycles. The van der Waals surface area contributed by atoms with E-state index in [9.17, 15) is 10.1 Å². The molecule has 2 aromatic rings. The highest BCUT2D eigenvalue weighted by molar-refractivity contribution is 6.30. The van der Waals surface area contributed by atoms with Gasteiger partial charge in [0.1, 0.15) is 5.75 Å². The van der Waals surface area contributed by atoms with Crippen LogP contribution in [-0.4, -0.2) is 9.91 Å². The second-order valence-electron chi connectivity index (χ2n) is 4.18. The Hall–Kier alpha value is -2.18.